The molecule has 0 saturated carbocycles. The molecule has 0 bridgehead atoms. The topological polar surface area (TPSA) is 88.9 Å². The fourth-order valence-corrected chi connectivity index (χ4v) is 2.64. The van der Waals surface area contributed by atoms with Crippen molar-refractivity contribution in [1.29, 1.82) is 0 Å². The van der Waals surface area contributed by atoms with Gasteiger partial charge in [0.2, 0.25) is 0 Å². The lowest BCUT2D eigenvalue weighted by Gasteiger charge is -2.20. The molecule has 0 fully saturated rings. The fourth-order valence-electron chi connectivity index (χ4n) is 2.64. The minimum Gasteiger partial charge on any atom is -0.305 e. The molecular weight excluding hydrogens is 414 g/mol. The van der Waals surface area contributed by atoms with Gasteiger partial charge in [-0.25, -0.2) is 0 Å². The third-order valence-corrected chi connectivity index (χ3v) is 4.17. The normalized spacial score (nSPS) is 11.8. The van der Waals surface area contributed by atoms with Crippen LogP contribution in [0.25, 0.3) is 0 Å². The van der Waals surface area contributed by atoms with Crippen molar-refractivity contribution in [3.63, 3.8) is 0 Å². The number of Topliss-reactive ketones (excluding diaryl/α,β-unsaturated/α-hetero) is 2. The van der Waals surface area contributed by atoms with Crippen molar-refractivity contribution in [1.82, 2.24) is 25.6 Å². The van der Waals surface area contributed by atoms with Gasteiger partial charge in [0.25, 0.3) is 0 Å². The van der Waals surface area contributed by atoms with E-state index in [4.69, 9.17) is 6.42 Å². The van der Waals surface area contributed by atoms with Gasteiger partial charge < -0.3 is 10.6 Å². The summed E-state index contributed by atoms with van der Waals surface area (Å²) in [6.07, 6.45) is 9.98. The van der Waals surface area contributed by atoms with E-state index >= 15 is 0 Å². The molecule has 194 valence electrons. The van der Waals surface area contributed by atoms with Gasteiger partial charge in [-0.15, -0.1) is 17.4 Å². The van der Waals surface area contributed by atoms with Crippen molar-refractivity contribution in [2.45, 2.75) is 114 Å². The van der Waals surface area contributed by atoms with Crippen LogP contribution < -0.4 is 10.6 Å². The standard InChI is InChI=1S/C11H19NO.C10H21NO.C3H5N3.2CH4/c1-6-7-10(12-9(4)5)11(13)8(2)3;1-6-9(11-8(4)5)10(12)7(2)3;1-6-3-2-4-5-6;;/h1,8-10,12H,7H2,2-5H3;7-9,11H,6H2,1-5H3;2-3H,1H3;2*1H4. The Hall–Kier alpha value is -2.04. The first-order valence-electron chi connectivity index (χ1n) is 11.2. The van der Waals surface area contributed by atoms with E-state index in [9.17, 15) is 9.59 Å². The van der Waals surface area contributed by atoms with E-state index in [2.05, 4.69) is 40.7 Å². The molecule has 7 nitrogen and oxygen atoms in total. The zero-order chi connectivity index (χ0) is 24.6. The van der Waals surface area contributed by atoms with Crippen LogP contribution in [0.2, 0.25) is 0 Å². The molecule has 2 N–H and O–H groups in total. The Morgan fingerprint density at radius 2 is 1.33 bits per heavy atom. The van der Waals surface area contributed by atoms with E-state index in [1.807, 2.05) is 55.5 Å². The number of hydrogen-bond donors (Lipinski definition) is 2. The van der Waals surface area contributed by atoms with Gasteiger partial charge in [0.05, 0.1) is 18.3 Å². The summed E-state index contributed by atoms with van der Waals surface area (Å²) in [6.45, 7) is 17.9. The van der Waals surface area contributed by atoms with Gasteiger partial charge >= 0.3 is 0 Å². The molecule has 0 aliphatic heterocycles. The van der Waals surface area contributed by atoms with Gasteiger partial charge in [-0.05, 0) is 6.42 Å². The SMILES string of the molecule is C.C.C#CCC(NC(C)C)C(=O)C(C)C.CCC(NC(C)C)C(=O)C(C)C.Cn1ccnn1. The van der Waals surface area contributed by atoms with Crippen molar-refractivity contribution in [2.24, 2.45) is 18.9 Å². The van der Waals surface area contributed by atoms with E-state index in [0.717, 1.165) is 6.42 Å². The third kappa shape index (κ3) is 20.3. The van der Waals surface area contributed by atoms with Crippen LogP contribution in [0.4, 0.5) is 0 Å². The minimum atomic E-state index is -0.176. The second-order valence-corrected chi connectivity index (χ2v) is 8.76. The molecule has 7 heteroatoms. The number of aryl methyl sites for hydroxylation is 1. The Morgan fingerprint density at radius 3 is 1.58 bits per heavy atom. The summed E-state index contributed by atoms with van der Waals surface area (Å²) in [6, 6.07) is 0.550. The monoisotopic (exact) mass is 467 g/mol. The Kier molecular flexibility index (Phi) is 25.2. The van der Waals surface area contributed by atoms with E-state index in [-0.39, 0.29) is 44.6 Å². The van der Waals surface area contributed by atoms with Gasteiger partial charge in [0.15, 0.2) is 11.6 Å². The number of carbonyl (C=O) groups is 2. The predicted molar refractivity (Wildman–Crippen MR) is 142 cm³/mol. The average molecular weight is 468 g/mol. The largest absolute Gasteiger partial charge is 0.305 e. The summed E-state index contributed by atoms with van der Waals surface area (Å²) >= 11 is 0. The lowest BCUT2D eigenvalue weighted by Crippen LogP contribution is -2.42. The maximum Gasteiger partial charge on any atom is 0.153 e. The highest BCUT2D eigenvalue weighted by atomic mass is 16.1. The van der Waals surface area contributed by atoms with E-state index in [1.165, 1.54) is 0 Å². The smallest absolute Gasteiger partial charge is 0.153 e. The van der Waals surface area contributed by atoms with Crippen LogP contribution in [0.1, 0.15) is 90.0 Å². The number of terminal acetylenes is 1. The van der Waals surface area contributed by atoms with E-state index in [0.29, 0.717) is 24.3 Å². The number of rotatable bonds is 10. The molecule has 0 radical (unpaired) electrons. The van der Waals surface area contributed by atoms with Crippen molar-refractivity contribution in [2.75, 3.05) is 0 Å². The van der Waals surface area contributed by atoms with Gasteiger partial charge in [0, 0.05) is 43.6 Å². The molecule has 0 spiro atoms. The molecular formula is C26H53N5O2. The fraction of sp³-hybridized carbons (Fsp3) is 0.769. The molecule has 33 heavy (non-hydrogen) atoms. The van der Waals surface area contributed by atoms with Crippen molar-refractivity contribution in [3.8, 4) is 12.3 Å². The van der Waals surface area contributed by atoms with Crippen LogP contribution in [0.15, 0.2) is 12.4 Å². The number of hydrogen-bond acceptors (Lipinski definition) is 6. The Balaban J connectivity index is -0.000000195. The highest BCUT2D eigenvalue weighted by Crippen LogP contribution is 2.04. The van der Waals surface area contributed by atoms with E-state index in [1.54, 1.807) is 17.1 Å². The van der Waals surface area contributed by atoms with Crippen LogP contribution >= 0.6 is 0 Å². The minimum absolute atomic E-state index is 0. The van der Waals surface area contributed by atoms with Gasteiger partial charge in [-0.3, -0.25) is 14.3 Å². The quantitative estimate of drug-likeness (QED) is 0.486. The Labute approximate surface area is 204 Å². The number of ketones is 2. The summed E-state index contributed by atoms with van der Waals surface area (Å²) in [7, 11) is 1.83. The maximum atomic E-state index is 11.6. The molecule has 0 aliphatic carbocycles. The molecule has 0 aliphatic rings. The van der Waals surface area contributed by atoms with Gasteiger partial charge in [-0.2, -0.15) is 0 Å². The summed E-state index contributed by atoms with van der Waals surface area (Å²) < 4.78 is 1.64. The predicted octanol–water partition coefficient (Wildman–Crippen LogP) is 4.68. The zero-order valence-corrected chi connectivity index (χ0v) is 21.3. The van der Waals surface area contributed by atoms with Gasteiger partial charge in [0.1, 0.15) is 0 Å². The van der Waals surface area contributed by atoms with Crippen LogP contribution in [-0.2, 0) is 16.6 Å². The Morgan fingerprint density at radius 1 is 0.909 bits per heavy atom. The van der Waals surface area contributed by atoms with Gasteiger partial charge in [-0.1, -0.05) is 82.4 Å². The van der Waals surface area contributed by atoms with Crippen molar-refractivity contribution >= 4 is 11.6 Å². The summed E-state index contributed by atoms with van der Waals surface area (Å²) in [4.78, 5) is 23.2. The highest BCUT2D eigenvalue weighted by molar-refractivity contribution is 5.86. The first kappa shape index (κ1) is 38.2. The van der Waals surface area contributed by atoms with Crippen molar-refractivity contribution < 1.29 is 9.59 Å². The third-order valence-electron chi connectivity index (χ3n) is 4.17. The van der Waals surface area contributed by atoms with E-state index < -0.39 is 0 Å². The lowest BCUT2D eigenvalue weighted by atomic mass is 9.99. The first-order chi connectivity index (χ1) is 14.4. The first-order valence-corrected chi connectivity index (χ1v) is 11.2. The zero-order valence-electron chi connectivity index (χ0n) is 21.3. The summed E-state index contributed by atoms with van der Waals surface area (Å²) in [5.41, 5.74) is 0. The molecule has 1 heterocycles. The van der Waals surface area contributed by atoms with Crippen molar-refractivity contribution in [3.05, 3.63) is 12.4 Å². The molecule has 0 aromatic carbocycles. The molecule has 1 rings (SSSR count). The van der Waals surface area contributed by atoms with Crippen LogP contribution in [0.3, 0.4) is 0 Å². The Bertz CT molecular complexity index is 632. The molecule has 0 amide bonds. The molecule has 1 aromatic rings. The lowest BCUT2D eigenvalue weighted by molar-refractivity contribution is -0.124. The second kappa shape index (κ2) is 21.8. The number of nitrogens with one attached hydrogen (secondary N) is 2. The highest BCUT2D eigenvalue weighted by Gasteiger charge is 2.20. The summed E-state index contributed by atoms with van der Waals surface area (Å²) in [5.74, 6) is 3.24. The van der Waals surface area contributed by atoms with Crippen LogP contribution in [-0.4, -0.2) is 50.7 Å². The molecule has 2 unspecified atom stereocenters. The molecule has 1 aromatic heterocycles. The molecule has 2 atom stereocenters. The number of aromatic nitrogens is 3. The van der Waals surface area contributed by atoms with Crippen LogP contribution in [0.5, 0.6) is 0 Å². The van der Waals surface area contributed by atoms with Crippen LogP contribution in [0, 0.1) is 24.2 Å². The number of carbonyl (C=O) groups excluding carboxylic acids is 2. The average Bonchev–Trinajstić information content (AvgIpc) is 3.15. The number of nitrogens with zero attached hydrogens (tertiary/aromatic N) is 3. The maximum absolute atomic E-state index is 11.6. The second-order valence-electron chi connectivity index (χ2n) is 8.76. The summed E-state index contributed by atoms with van der Waals surface area (Å²) in [5, 5.41) is 13.5. The molecule has 0 saturated heterocycles.